The number of hydrogen-bond donors (Lipinski definition) is 5. The zero-order valence-electron chi connectivity index (χ0n) is 15.9. The third-order valence-corrected chi connectivity index (χ3v) is 7.19. The number of hydrogen-bond acceptors (Lipinski definition) is 9. The lowest BCUT2D eigenvalue weighted by atomic mass is 10.0. The Balaban J connectivity index is 1.45. The van der Waals surface area contributed by atoms with E-state index in [1.807, 2.05) is 0 Å². The van der Waals surface area contributed by atoms with Crippen molar-refractivity contribution in [2.45, 2.75) is 22.5 Å². The summed E-state index contributed by atoms with van der Waals surface area (Å²) >= 11 is 2.70. The predicted molar refractivity (Wildman–Crippen MR) is 112 cm³/mol. The van der Waals surface area contributed by atoms with E-state index in [0.29, 0.717) is 27.7 Å². The van der Waals surface area contributed by atoms with E-state index in [1.165, 1.54) is 58.9 Å². The fourth-order valence-electron chi connectivity index (χ4n) is 3.29. The lowest BCUT2D eigenvalue weighted by molar-refractivity contribution is -0.150. The minimum atomic E-state index is -1.19. The Kier molecular flexibility index (Phi) is 5.89. The number of nitrogens with zero attached hydrogens (tertiary/aromatic N) is 3. The summed E-state index contributed by atoms with van der Waals surface area (Å²) in [6.07, 6.45) is 1.53. The smallest absolute Gasteiger partial charge is 0.352 e. The average Bonchev–Trinajstić information content (AvgIpc) is 3.28. The molecule has 1 saturated heterocycles. The van der Waals surface area contributed by atoms with Crippen molar-refractivity contribution in [3.8, 4) is 5.75 Å². The van der Waals surface area contributed by atoms with Gasteiger partial charge in [0.2, 0.25) is 5.91 Å². The average molecular weight is 463 g/mol. The van der Waals surface area contributed by atoms with Gasteiger partial charge in [-0.3, -0.25) is 14.5 Å². The first kappa shape index (κ1) is 21.2. The molecule has 0 unspecified atom stereocenters. The van der Waals surface area contributed by atoms with Crippen LogP contribution in [0.3, 0.4) is 0 Å². The molecule has 0 radical (unpaired) electrons. The van der Waals surface area contributed by atoms with Crippen LogP contribution in [0.4, 0.5) is 0 Å². The van der Waals surface area contributed by atoms with Gasteiger partial charge < -0.3 is 21.3 Å². The van der Waals surface area contributed by atoms with Gasteiger partial charge in [-0.1, -0.05) is 23.9 Å². The summed E-state index contributed by atoms with van der Waals surface area (Å²) < 4.78 is 0. The maximum atomic E-state index is 12.7. The van der Waals surface area contributed by atoms with E-state index in [2.05, 4.69) is 20.7 Å². The number of benzene rings is 1. The third-order valence-electron chi connectivity index (χ3n) is 4.87. The van der Waals surface area contributed by atoms with Crippen molar-refractivity contribution in [2.75, 3.05) is 11.5 Å². The molecule has 0 saturated carbocycles. The molecule has 162 valence electrons. The Labute approximate surface area is 184 Å². The molecule has 2 aliphatic heterocycles. The fraction of sp³-hybridized carbons (Fsp3) is 0.278. The van der Waals surface area contributed by atoms with Gasteiger partial charge >= 0.3 is 5.97 Å². The highest BCUT2D eigenvalue weighted by Crippen LogP contribution is 2.41. The number of carboxylic acids is 1. The zero-order valence-corrected chi connectivity index (χ0v) is 17.5. The number of β-lactam (4-membered cyclic amide) rings is 1. The molecule has 2 aromatic rings. The van der Waals surface area contributed by atoms with E-state index >= 15 is 0 Å². The topological polar surface area (TPSA) is 175 Å². The molecule has 4 rings (SSSR count). The zero-order chi connectivity index (χ0) is 22.1. The van der Waals surface area contributed by atoms with Crippen LogP contribution in [0.15, 0.2) is 46.8 Å². The molecule has 1 fully saturated rings. The van der Waals surface area contributed by atoms with E-state index in [9.17, 15) is 24.6 Å². The number of fused-ring (bicyclic) bond motifs is 1. The van der Waals surface area contributed by atoms with Crippen LogP contribution < -0.4 is 11.1 Å². The first-order chi connectivity index (χ1) is 14.9. The number of rotatable bonds is 7. The number of carbonyl (C=O) groups excluding carboxylic acids is 2. The number of phenolic OH excluding ortho intramolecular Hbond substituents is 1. The van der Waals surface area contributed by atoms with Crippen molar-refractivity contribution in [3.63, 3.8) is 0 Å². The fourth-order valence-corrected chi connectivity index (χ4v) is 5.56. The number of phenols is 1. The van der Waals surface area contributed by atoms with Crippen LogP contribution in [0.25, 0.3) is 0 Å². The Morgan fingerprint density at radius 1 is 1.39 bits per heavy atom. The van der Waals surface area contributed by atoms with Crippen LogP contribution in [0, 0.1) is 0 Å². The molecule has 31 heavy (non-hydrogen) atoms. The number of amides is 2. The summed E-state index contributed by atoms with van der Waals surface area (Å²) in [4.78, 5) is 38.4. The van der Waals surface area contributed by atoms with Crippen LogP contribution >= 0.6 is 23.5 Å². The summed E-state index contributed by atoms with van der Waals surface area (Å²) in [7, 11) is 0. The van der Waals surface area contributed by atoms with Crippen molar-refractivity contribution < 1.29 is 24.6 Å². The number of aromatic nitrogens is 3. The molecule has 13 heteroatoms. The highest BCUT2D eigenvalue weighted by molar-refractivity contribution is 8.01. The molecule has 3 atom stereocenters. The van der Waals surface area contributed by atoms with Gasteiger partial charge in [-0.05, 0) is 23.3 Å². The van der Waals surface area contributed by atoms with Gasteiger partial charge in [-0.25, -0.2) is 4.79 Å². The molecular weight excluding hydrogens is 444 g/mol. The summed E-state index contributed by atoms with van der Waals surface area (Å²) in [5.41, 5.74) is 6.99. The van der Waals surface area contributed by atoms with Crippen LogP contribution in [0.2, 0.25) is 0 Å². The number of aromatic hydroxyl groups is 1. The van der Waals surface area contributed by atoms with Gasteiger partial charge in [0.1, 0.15) is 33.9 Å². The first-order valence-electron chi connectivity index (χ1n) is 9.10. The van der Waals surface area contributed by atoms with E-state index in [4.69, 9.17) is 5.73 Å². The highest BCUT2D eigenvalue weighted by atomic mass is 32.2. The SMILES string of the molecule is N[C@H](C(=O)N[C@@H]1C(=O)N2C(C(=O)O)=C(CSc3cn[nH]n3)CS[C@@H]12)c1ccc(O)cc1. The molecular formula is C18H18N6O5S2. The summed E-state index contributed by atoms with van der Waals surface area (Å²) in [6, 6.07) is 3.98. The molecule has 0 spiro atoms. The lowest BCUT2D eigenvalue weighted by Gasteiger charge is -2.49. The molecule has 3 heterocycles. The molecule has 0 bridgehead atoms. The molecule has 1 aromatic carbocycles. The highest BCUT2D eigenvalue weighted by Gasteiger charge is 2.54. The molecule has 6 N–H and O–H groups in total. The van der Waals surface area contributed by atoms with E-state index in [1.54, 1.807) is 0 Å². The first-order valence-corrected chi connectivity index (χ1v) is 11.1. The normalized spacial score (nSPS) is 21.3. The number of H-pyrrole nitrogens is 1. The standard InChI is InChI=1S/C18H18N6O5S2/c19-12(8-1-3-10(25)4-2-8)15(26)21-13-16(27)24-14(18(28)29)9(7-31-17(13)24)6-30-11-5-20-23-22-11/h1-5,12-13,17,25H,6-7,19H2,(H,21,26)(H,28,29)(H,20,22,23)/t12-,13+,17-/m0/s1. The van der Waals surface area contributed by atoms with Gasteiger partial charge in [0.05, 0.1) is 6.20 Å². The summed E-state index contributed by atoms with van der Waals surface area (Å²) in [5.74, 6) is -1.45. The van der Waals surface area contributed by atoms with Crippen molar-refractivity contribution in [3.05, 3.63) is 47.3 Å². The quantitative estimate of drug-likeness (QED) is 0.279. The van der Waals surface area contributed by atoms with Crippen LogP contribution in [0.5, 0.6) is 5.75 Å². The minimum Gasteiger partial charge on any atom is -0.508 e. The largest absolute Gasteiger partial charge is 0.508 e. The second-order valence-electron chi connectivity index (χ2n) is 6.82. The number of nitrogens with one attached hydrogen (secondary N) is 2. The predicted octanol–water partition coefficient (Wildman–Crippen LogP) is 0.0410. The molecule has 2 amide bonds. The lowest BCUT2D eigenvalue weighted by Crippen LogP contribution is -2.71. The van der Waals surface area contributed by atoms with E-state index < -0.39 is 35.2 Å². The number of aromatic amines is 1. The number of carbonyl (C=O) groups is 3. The van der Waals surface area contributed by atoms with Gasteiger partial charge in [-0.2, -0.15) is 10.3 Å². The van der Waals surface area contributed by atoms with Crippen molar-refractivity contribution in [1.82, 2.24) is 25.6 Å². The summed E-state index contributed by atoms with van der Waals surface area (Å²) in [6.45, 7) is 0. The van der Waals surface area contributed by atoms with Crippen molar-refractivity contribution >= 4 is 41.3 Å². The van der Waals surface area contributed by atoms with Crippen LogP contribution in [0.1, 0.15) is 11.6 Å². The Hall–Kier alpha value is -3.03. The molecule has 1 aromatic heterocycles. The molecule has 11 nitrogen and oxygen atoms in total. The maximum absolute atomic E-state index is 12.7. The summed E-state index contributed by atoms with van der Waals surface area (Å²) in [5, 5.41) is 31.9. The third kappa shape index (κ3) is 4.11. The van der Waals surface area contributed by atoms with Crippen LogP contribution in [-0.2, 0) is 14.4 Å². The Morgan fingerprint density at radius 3 is 2.77 bits per heavy atom. The minimum absolute atomic E-state index is 0.0466. The number of nitrogens with two attached hydrogens (primary N) is 1. The van der Waals surface area contributed by atoms with Crippen LogP contribution in [-0.4, -0.2) is 71.2 Å². The molecule has 0 aliphatic carbocycles. The van der Waals surface area contributed by atoms with Crippen molar-refractivity contribution in [2.24, 2.45) is 5.73 Å². The monoisotopic (exact) mass is 462 g/mol. The molecule has 2 aliphatic rings. The second kappa shape index (κ2) is 8.61. The Morgan fingerprint density at radius 2 is 2.13 bits per heavy atom. The number of aliphatic carboxylic acids is 1. The number of carboxylic acid groups (broad SMARTS) is 1. The van der Waals surface area contributed by atoms with Crippen molar-refractivity contribution in [1.29, 1.82) is 0 Å². The van der Waals surface area contributed by atoms with E-state index in [0.717, 1.165) is 0 Å². The second-order valence-corrected chi connectivity index (χ2v) is 8.92. The van der Waals surface area contributed by atoms with Gasteiger partial charge in [0, 0.05) is 11.5 Å². The van der Waals surface area contributed by atoms with Gasteiger partial charge in [0.25, 0.3) is 5.91 Å². The van der Waals surface area contributed by atoms with Gasteiger partial charge in [0.15, 0.2) is 0 Å². The van der Waals surface area contributed by atoms with Gasteiger partial charge in [-0.15, -0.1) is 16.9 Å². The Bertz CT molecular complexity index is 1040. The number of thioether (sulfide) groups is 2. The van der Waals surface area contributed by atoms with E-state index in [-0.39, 0.29) is 11.4 Å². The maximum Gasteiger partial charge on any atom is 0.352 e.